The molecule has 102 valence electrons. The maximum Gasteiger partial charge on any atom is 0.169 e. The zero-order valence-electron chi connectivity index (χ0n) is 11.7. The highest BCUT2D eigenvalue weighted by Crippen LogP contribution is 2.15. The van der Waals surface area contributed by atoms with E-state index in [9.17, 15) is 0 Å². The Morgan fingerprint density at radius 1 is 1.00 bits per heavy atom. The number of nitrogens with one attached hydrogen (secondary N) is 1. The van der Waals surface area contributed by atoms with Gasteiger partial charge >= 0.3 is 0 Å². The first kappa shape index (κ1) is 15.2. The molecule has 1 unspecified atom stereocenters. The fraction of sp³-hybridized carbons (Fsp3) is 0.600. The summed E-state index contributed by atoms with van der Waals surface area (Å²) in [5.41, 5.74) is 1.31. The zero-order valence-corrected chi connectivity index (χ0v) is 11.7. The summed E-state index contributed by atoms with van der Waals surface area (Å²) in [6.07, 6.45) is 0.896. The molecular weight excluding hydrogens is 226 g/mol. The van der Waals surface area contributed by atoms with E-state index in [0.29, 0.717) is 19.3 Å². The van der Waals surface area contributed by atoms with Crippen molar-refractivity contribution in [2.45, 2.75) is 39.5 Å². The van der Waals surface area contributed by atoms with Gasteiger partial charge in [0.2, 0.25) is 0 Å². The Labute approximate surface area is 110 Å². The third-order valence-electron chi connectivity index (χ3n) is 2.85. The van der Waals surface area contributed by atoms with Crippen LogP contribution in [0.5, 0.6) is 0 Å². The second kappa shape index (κ2) is 9.09. The average Bonchev–Trinajstić information content (AvgIpc) is 2.41. The fourth-order valence-corrected chi connectivity index (χ4v) is 1.96. The van der Waals surface area contributed by atoms with Gasteiger partial charge < -0.3 is 14.8 Å². The van der Waals surface area contributed by atoms with Crippen LogP contribution in [0.2, 0.25) is 0 Å². The molecule has 0 radical (unpaired) electrons. The lowest BCUT2D eigenvalue weighted by atomic mass is 10.0. The average molecular weight is 251 g/mol. The number of hydrogen-bond donors (Lipinski definition) is 1. The molecule has 1 N–H and O–H groups in total. The van der Waals surface area contributed by atoms with Gasteiger partial charge in [-0.05, 0) is 25.8 Å². The van der Waals surface area contributed by atoms with Crippen LogP contribution in [0.1, 0.15) is 38.8 Å². The van der Waals surface area contributed by atoms with Crippen molar-refractivity contribution in [2.24, 2.45) is 0 Å². The van der Waals surface area contributed by atoms with Crippen molar-refractivity contribution in [3.63, 3.8) is 0 Å². The third kappa shape index (κ3) is 5.17. The predicted octanol–water partition coefficient (Wildman–Crippen LogP) is 3.13. The minimum atomic E-state index is -0.155. The van der Waals surface area contributed by atoms with Crippen molar-refractivity contribution in [3.05, 3.63) is 35.9 Å². The van der Waals surface area contributed by atoms with E-state index in [1.54, 1.807) is 0 Å². The van der Waals surface area contributed by atoms with E-state index in [1.165, 1.54) is 5.56 Å². The van der Waals surface area contributed by atoms with Gasteiger partial charge in [-0.25, -0.2) is 0 Å². The molecule has 0 fully saturated rings. The second-order valence-corrected chi connectivity index (χ2v) is 4.12. The van der Waals surface area contributed by atoms with Crippen molar-refractivity contribution in [2.75, 3.05) is 19.8 Å². The third-order valence-corrected chi connectivity index (χ3v) is 2.85. The SMILES string of the molecule is CCOC(CNC(CC)c1ccccc1)OCC. The first-order chi connectivity index (χ1) is 8.81. The molecule has 0 spiro atoms. The highest BCUT2D eigenvalue weighted by Gasteiger charge is 2.12. The number of benzene rings is 1. The van der Waals surface area contributed by atoms with Crippen LogP contribution in [-0.2, 0) is 9.47 Å². The molecule has 0 saturated carbocycles. The van der Waals surface area contributed by atoms with Gasteiger partial charge in [0.1, 0.15) is 0 Å². The van der Waals surface area contributed by atoms with Gasteiger partial charge in [-0.15, -0.1) is 0 Å². The topological polar surface area (TPSA) is 30.5 Å². The van der Waals surface area contributed by atoms with E-state index in [2.05, 4.69) is 36.5 Å². The summed E-state index contributed by atoms with van der Waals surface area (Å²) in [5.74, 6) is 0. The molecule has 1 aromatic rings. The van der Waals surface area contributed by atoms with E-state index in [0.717, 1.165) is 13.0 Å². The van der Waals surface area contributed by atoms with E-state index < -0.39 is 0 Å². The molecule has 0 amide bonds. The normalized spacial score (nSPS) is 12.9. The van der Waals surface area contributed by atoms with Gasteiger partial charge in [0.15, 0.2) is 6.29 Å². The minimum absolute atomic E-state index is 0.155. The molecule has 1 aromatic carbocycles. The molecule has 1 atom stereocenters. The molecule has 0 aliphatic rings. The molecule has 0 bridgehead atoms. The van der Waals surface area contributed by atoms with E-state index >= 15 is 0 Å². The maximum atomic E-state index is 5.53. The monoisotopic (exact) mass is 251 g/mol. The number of ether oxygens (including phenoxy) is 2. The van der Waals surface area contributed by atoms with E-state index in [1.807, 2.05) is 19.9 Å². The fourth-order valence-electron chi connectivity index (χ4n) is 1.96. The van der Waals surface area contributed by atoms with Gasteiger partial charge in [-0.3, -0.25) is 0 Å². The minimum Gasteiger partial charge on any atom is -0.352 e. The number of hydrogen-bond acceptors (Lipinski definition) is 3. The van der Waals surface area contributed by atoms with Crippen molar-refractivity contribution in [1.82, 2.24) is 5.32 Å². The Morgan fingerprint density at radius 2 is 1.61 bits per heavy atom. The highest BCUT2D eigenvalue weighted by atomic mass is 16.7. The summed E-state index contributed by atoms with van der Waals surface area (Å²) < 4.78 is 11.1. The lowest BCUT2D eigenvalue weighted by molar-refractivity contribution is -0.133. The van der Waals surface area contributed by atoms with Gasteiger partial charge in [0, 0.05) is 25.8 Å². The van der Waals surface area contributed by atoms with Crippen LogP contribution < -0.4 is 5.32 Å². The molecule has 3 nitrogen and oxygen atoms in total. The molecule has 1 rings (SSSR count). The van der Waals surface area contributed by atoms with Crippen LogP contribution >= 0.6 is 0 Å². The second-order valence-electron chi connectivity index (χ2n) is 4.12. The van der Waals surface area contributed by atoms with Crippen LogP contribution in [0.4, 0.5) is 0 Å². The molecule has 0 saturated heterocycles. The molecule has 0 heterocycles. The lowest BCUT2D eigenvalue weighted by Crippen LogP contribution is -2.33. The van der Waals surface area contributed by atoms with Crippen LogP contribution in [-0.4, -0.2) is 26.0 Å². The molecule has 0 aliphatic heterocycles. The van der Waals surface area contributed by atoms with Crippen LogP contribution in [0.3, 0.4) is 0 Å². The van der Waals surface area contributed by atoms with Crippen LogP contribution in [0, 0.1) is 0 Å². The smallest absolute Gasteiger partial charge is 0.169 e. The summed E-state index contributed by atoms with van der Waals surface area (Å²) in [4.78, 5) is 0. The Hall–Kier alpha value is -0.900. The largest absolute Gasteiger partial charge is 0.352 e. The van der Waals surface area contributed by atoms with Crippen molar-refractivity contribution in [1.29, 1.82) is 0 Å². The number of rotatable bonds is 9. The van der Waals surface area contributed by atoms with E-state index in [-0.39, 0.29) is 6.29 Å². The quantitative estimate of drug-likeness (QED) is 0.684. The predicted molar refractivity (Wildman–Crippen MR) is 74.5 cm³/mol. The Kier molecular flexibility index (Phi) is 7.65. The summed E-state index contributed by atoms with van der Waals surface area (Å²) in [6, 6.07) is 10.8. The van der Waals surface area contributed by atoms with Crippen molar-refractivity contribution < 1.29 is 9.47 Å². The standard InChI is InChI=1S/C15H25NO2/c1-4-14(13-10-8-7-9-11-13)16-12-15(17-5-2)18-6-3/h7-11,14-16H,4-6,12H2,1-3H3. The lowest BCUT2D eigenvalue weighted by Gasteiger charge is -2.22. The molecule has 0 aromatic heterocycles. The van der Waals surface area contributed by atoms with Crippen molar-refractivity contribution in [3.8, 4) is 0 Å². The Balaban J connectivity index is 2.48. The highest BCUT2D eigenvalue weighted by molar-refractivity contribution is 5.18. The molecule has 3 heteroatoms. The first-order valence-electron chi connectivity index (χ1n) is 6.83. The van der Waals surface area contributed by atoms with Gasteiger partial charge in [0.25, 0.3) is 0 Å². The Bertz CT molecular complexity index is 297. The van der Waals surface area contributed by atoms with Gasteiger partial charge in [-0.2, -0.15) is 0 Å². The summed E-state index contributed by atoms with van der Waals surface area (Å²) in [6.45, 7) is 8.22. The summed E-state index contributed by atoms with van der Waals surface area (Å²) in [7, 11) is 0. The summed E-state index contributed by atoms with van der Waals surface area (Å²) in [5, 5.41) is 3.51. The van der Waals surface area contributed by atoms with Gasteiger partial charge in [0.05, 0.1) is 0 Å². The summed E-state index contributed by atoms with van der Waals surface area (Å²) >= 11 is 0. The Morgan fingerprint density at radius 3 is 2.11 bits per heavy atom. The maximum absolute atomic E-state index is 5.53. The molecule has 18 heavy (non-hydrogen) atoms. The molecule has 0 aliphatic carbocycles. The van der Waals surface area contributed by atoms with Crippen LogP contribution in [0.15, 0.2) is 30.3 Å². The zero-order chi connectivity index (χ0) is 13.2. The first-order valence-corrected chi connectivity index (χ1v) is 6.83. The molecular formula is C15H25NO2. The van der Waals surface area contributed by atoms with Crippen LogP contribution in [0.25, 0.3) is 0 Å². The van der Waals surface area contributed by atoms with Crippen molar-refractivity contribution >= 4 is 0 Å². The van der Waals surface area contributed by atoms with E-state index in [4.69, 9.17) is 9.47 Å². The van der Waals surface area contributed by atoms with Gasteiger partial charge in [-0.1, -0.05) is 37.3 Å².